The maximum atomic E-state index is 12.5. The molecule has 6 heteroatoms. The number of rotatable bonds is 4. The normalized spacial score (nSPS) is 10.0. The molecule has 1 heterocycles. The van der Waals surface area contributed by atoms with Gasteiger partial charge in [-0.15, -0.1) is 0 Å². The molecule has 6 nitrogen and oxygen atoms in total. The van der Waals surface area contributed by atoms with Crippen LogP contribution in [0, 0.1) is 11.3 Å². The average Bonchev–Trinajstić information content (AvgIpc) is 2.64. The summed E-state index contributed by atoms with van der Waals surface area (Å²) in [7, 11) is 1.57. The van der Waals surface area contributed by atoms with Crippen molar-refractivity contribution in [3.63, 3.8) is 0 Å². The second kappa shape index (κ2) is 6.67. The van der Waals surface area contributed by atoms with E-state index in [0.717, 1.165) is 11.3 Å². The van der Waals surface area contributed by atoms with Crippen molar-refractivity contribution in [2.24, 2.45) is 7.05 Å². The zero-order valence-corrected chi connectivity index (χ0v) is 13.0. The summed E-state index contributed by atoms with van der Waals surface area (Å²) in [6.45, 7) is 0. The molecule has 0 spiro atoms. The van der Waals surface area contributed by atoms with Crippen molar-refractivity contribution in [3.05, 3.63) is 76.6 Å². The first-order valence-electron chi connectivity index (χ1n) is 7.34. The summed E-state index contributed by atoms with van der Waals surface area (Å²) in [6.07, 6.45) is 0. The van der Waals surface area contributed by atoms with E-state index in [2.05, 4.69) is 15.8 Å². The third-order valence-corrected chi connectivity index (χ3v) is 3.54. The number of hydrogen-bond acceptors (Lipinski definition) is 5. The minimum absolute atomic E-state index is 0.0222. The maximum absolute atomic E-state index is 12.5. The van der Waals surface area contributed by atoms with Crippen molar-refractivity contribution in [3.8, 4) is 17.3 Å². The van der Waals surface area contributed by atoms with Crippen molar-refractivity contribution in [1.29, 1.82) is 5.26 Å². The van der Waals surface area contributed by atoms with Crippen LogP contribution >= 0.6 is 0 Å². The van der Waals surface area contributed by atoms with Crippen LogP contribution in [-0.2, 0) is 7.05 Å². The Kier molecular flexibility index (Phi) is 4.25. The van der Waals surface area contributed by atoms with Gasteiger partial charge < -0.3 is 0 Å². The molecule has 0 aliphatic rings. The van der Waals surface area contributed by atoms with Crippen molar-refractivity contribution >= 4 is 11.6 Å². The summed E-state index contributed by atoms with van der Waals surface area (Å²) < 4.78 is 1.31. The Morgan fingerprint density at radius 3 is 2.25 bits per heavy atom. The number of nitriles is 1. The fraction of sp³-hybridized carbons (Fsp3) is 0.0556. The van der Waals surface area contributed by atoms with Crippen molar-refractivity contribution < 1.29 is 0 Å². The lowest BCUT2D eigenvalue weighted by molar-refractivity contribution is 0.830. The third kappa shape index (κ3) is 2.96. The van der Waals surface area contributed by atoms with E-state index < -0.39 is 5.56 Å². The summed E-state index contributed by atoms with van der Waals surface area (Å²) in [6, 6.07) is 20.6. The fourth-order valence-corrected chi connectivity index (χ4v) is 2.27. The van der Waals surface area contributed by atoms with Gasteiger partial charge >= 0.3 is 0 Å². The highest BCUT2D eigenvalue weighted by Crippen LogP contribution is 2.20. The zero-order valence-electron chi connectivity index (χ0n) is 13.0. The standard InChI is InChI=1S/C18H15N5O/c1-23-17(24)15(12-19)16(13-8-4-2-5-9-13)20-18(23)22-21-14-10-6-3-7-11-14/h2-11,21H,1H3,(H,20,22). The molecule has 3 rings (SSSR count). The zero-order chi connectivity index (χ0) is 16.9. The molecule has 0 amide bonds. The van der Waals surface area contributed by atoms with Crippen LogP contribution in [0.25, 0.3) is 11.3 Å². The number of hydrazine groups is 1. The summed E-state index contributed by atoms with van der Waals surface area (Å²) >= 11 is 0. The van der Waals surface area contributed by atoms with Crippen molar-refractivity contribution in [2.75, 3.05) is 10.9 Å². The number of aromatic nitrogens is 2. The number of nitrogens with one attached hydrogen (secondary N) is 2. The maximum Gasteiger partial charge on any atom is 0.273 e. The topological polar surface area (TPSA) is 82.7 Å². The molecule has 118 valence electrons. The van der Waals surface area contributed by atoms with Crippen molar-refractivity contribution in [1.82, 2.24) is 9.55 Å². The molecule has 2 N–H and O–H groups in total. The van der Waals surface area contributed by atoms with Crippen molar-refractivity contribution in [2.45, 2.75) is 0 Å². The number of nitrogens with zero attached hydrogens (tertiary/aromatic N) is 3. The second-order valence-electron chi connectivity index (χ2n) is 5.12. The van der Waals surface area contributed by atoms with Crippen LogP contribution in [0.1, 0.15) is 5.56 Å². The summed E-state index contributed by atoms with van der Waals surface area (Å²) in [5.74, 6) is 0.321. The van der Waals surface area contributed by atoms with Gasteiger partial charge in [0.2, 0.25) is 5.95 Å². The minimum Gasteiger partial charge on any atom is -0.298 e. The van der Waals surface area contributed by atoms with Gasteiger partial charge in [0.1, 0.15) is 11.6 Å². The Morgan fingerprint density at radius 1 is 1.00 bits per heavy atom. The van der Waals surface area contributed by atoms with Crippen LogP contribution in [0.2, 0.25) is 0 Å². The largest absolute Gasteiger partial charge is 0.298 e. The molecule has 1 aromatic heterocycles. The van der Waals surface area contributed by atoms with E-state index in [1.807, 2.05) is 66.7 Å². The quantitative estimate of drug-likeness (QED) is 0.723. The van der Waals surface area contributed by atoms with Gasteiger partial charge in [-0.3, -0.25) is 20.2 Å². The highest BCUT2D eigenvalue weighted by molar-refractivity contribution is 5.67. The summed E-state index contributed by atoms with van der Waals surface area (Å²) in [4.78, 5) is 16.9. The fourth-order valence-electron chi connectivity index (χ4n) is 2.27. The van der Waals surface area contributed by atoms with E-state index in [9.17, 15) is 10.1 Å². The number of anilines is 2. The Hall–Kier alpha value is -3.59. The Balaban J connectivity index is 2.03. The molecule has 0 unspecified atom stereocenters. The van der Waals surface area contributed by atoms with Gasteiger partial charge in [0.05, 0.1) is 11.4 Å². The van der Waals surface area contributed by atoms with Gasteiger partial charge in [-0.1, -0.05) is 48.5 Å². The summed E-state index contributed by atoms with van der Waals surface area (Å²) in [5, 5.41) is 9.34. The predicted octanol–water partition coefficient (Wildman–Crippen LogP) is 2.76. The van der Waals surface area contributed by atoms with Gasteiger partial charge in [-0.25, -0.2) is 4.98 Å². The second-order valence-corrected chi connectivity index (χ2v) is 5.12. The molecule has 0 bridgehead atoms. The molecular weight excluding hydrogens is 302 g/mol. The van der Waals surface area contributed by atoms with E-state index in [0.29, 0.717) is 11.6 Å². The lowest BCUT2D eigenvalue weighted by Crippen LogP contribution is -2.27. The molecule has 2 aromatic carbocycles. The first kappa shape index (κ1) is 15.3. The Morgan fingerprint density at radius 2 is 1.62 bits per heavy atom. The van der Waals surface area contributed by atoms with Gasteiger partial charge in [-0.2, -0.15) is 5.26 Å². The molecule has 0 radical (unpaired) electrons. The first-order valence-corrected chi connectivity index (χ1v) is 7.34. The van der Waals surface area contributed by atoms with E-state index in [1.54, 1.807) is 7.05 Å². The lowest BCUT2D eigenvalue weighted by atomic mass is 10.1. The highest BCUT2D eigenvalue weighted by Gasteiger charge is 2.15. The highest BCUT2D eigenvalue weighted by atomic mass is 16.1. The number of hydrogen-bond donors (Lipinski definition) is 2. The van der Waals surface area contributed by atoms with Gasteiger partial charge in [0.15, 0.2) is 0 Å². The number of para-hydroxylation sites is 1. The molecule has 0 saturated carbocycles. The van der Waals surface area contributed by atoms with Gasteiger partial charge in [0.25, 0.3) is 5.56 Å². The Labute approximate surface area is 139 Å². The molecule has 0 aliphatic heterocycles. The SMILES string of the molecule is Cn1c(NNc2ccccc2)nc(-c2ccccc2)c(C#N)c1=O. The molecule has 3 aromatic rings. The molecule has 24 heavy (non-hydrogen) atoms. The third-order valence-electron chi connectivity index (χ3n) is 3.54. The average molecular weight is 317 g/mol. The van der Waals surface area contributed by atoms with Gasteiger partial charge in [0, 0.05) is 12.6 Å². The van der Waals surface area contributed by atoms with Crippen LogP contribution in [-0.4, -0.2) is 9.55 Å². The molecule has 0 atom stereocenters. The smallest absolute Gasteiger partial charge is 0.273 e. The first-order chi connectivity index (χ1) is 11.7. The molecular formula is C18H15N5O. The van der Waals surface area contributed by atoms with E-state index in [-0.39, 0.29) is 5.56 Å². The van der Waals surface area contributed by atoms with Crippen LogP contribution in [0.5, 0.6) is 0 Å². The lowest BCUT2D eigenvalue weighted by Gasteiger charge is -2.14. The Bertz CT molecular complexity index is 943. The van der Waals surface area contributed by atoms with Crippen LogP contribution in [0.4, 0.5) is 11.6 Å². The molecule has 0 aliphatic carbocycles. The van der Waals surface area contributed by atoms with Crippen LogP contribution in [0.3, 0.4) is 0 Å². The van der Waals surface area contributed by atoms with E-state index in [1.165, 1.54) is 4.57 Å². The van der Waals surface area contributed by atoms with Gasteiger partial charge in [-0.05, 0) is 12.1 Å². The van der Waals surface area contributed by atoms with E-state index >= 15 is 0 Å². The minimum atomic E-state index is -0.399. The monoisotopic (exact) mass is 317 g/mol. The van der Waals surface area contributed by atoms with Crippen LogP contribution in [0.15, 0.2) is 65.5 Å². The summed E-state index contributed by atoms with van der Waals surface area (Å²) in [5.41, 5.74) is 7.44. The molecule has 0 fully saturated rings. The predicted molar refractivity (Wildman–Crippen MR) is 93.3 cm³/mol. The van der Waals surface area contributed by atoms with E-state index in [4.69, 9.17) is 0 Å². The number of benzene rings is 2. The molecule has 0 saturated heterocycles. The van der Waals surface area contributed by atoms with Crippen LogP contribution < -0.4 is 16.4 Å².